The molecule has 0 radical (unpaired) electrons. The standard InChI is InChI=1S/C6H13NO2.ClH/c1-8-6-2-3-9-4-5(6)7;/h5-6H,2-4,7H2,1H3;1H/t5-,6+;/m0./s1. The van der Waals surface area contributed by atoms with E-state index in [9.17, 15) is 0 Å². The number of methoxy groups -OCH3 is 1. The molecule has 0 spiro atoms. The van der Waals surface area contributed by atoms with E-state index in [-0.39, 0.29) is 24.6 Å². The van der Waals surface area contributed by atoms with Crippen LogP contribution in [0.4, 0.5) is 0 Å². The maximum atomic E-state index is 5.64. The summed E-state index contributed by atoms with van der Waals surface area (Å²) in [6, 6.07) is 0.0729. The Morgan fingerprint density at radius 2 is 2.30 bits per heavy atom. The number of ether oxygens (including phenoxy) is 2. The molecule has 0 aromatic rings. The first-order valence-corrected chi connectivity index (χ1v) is 3.20. The molecule has 0 aliphatic carbocycles. The number of halogens is 1. The van der Waals surface area contributed by atoms with Gasteiger partial charge in [0.1, 0.15) is 0 Å². The first-order valence-electron chi connectivity index (χ1n) is 3.20. The molecule has 0 unspecified atom stereocenters. The Kier molecular flexibility index (Phi) is 4.99. The zero-order chi connectivity index (χ0) is 6.69. The SMILES string of the molecule is CO[C@@H]1CCOC[C@@H]1N.Cl. The Balaban J connectivity index is 0.000000810. The number of rotatable bonds is 1. The van der Waals surface area contributed by atoms with Crippen molar-refractivity contribution < 1.29 is 9.47 Å². The van der Waals surface area contributed by atoms with E-state index in [4.69, 9.17) is 15.2 Å². The third kappa shape index (κ3) is 2.42. The predicted octanol–water partition coefficient (Wildman–Crippen LogP) is 0.171. The van der Waals surface area contributed by atoms with Crippen LogP contribution in [-0.4, -0.2) is 32.5 Å². The van der Waals surface area contributed by atoms with Gasteiger partial charge in [0.05, 0.1) is 18.8 Å². The van der Waals surface area contributed by atoms with Crippen molar-refractivity contribution in [3.63, 3.8) is 0 Å². The van der Waals surface area contributed by atoms with E-state index in [0.717, 1.165) is 13.0 Å². The Bertz CT molecular complexity index is 91.8. The molecular weight excluding hydrogens is 154 g/mol. The average Bonchev–Trinajstić information content (AvgIpc) is 1.89. The summed E-state index contributed by atoms with van der Waals surface area (Å²) in [5, 5.41) is 0. The second-order valence-electron chi connectivity index (χ2n) is 2.30. The molecule has 62 valence electrons. The lowest BCUT2D eigenvalue weighted by atomic mass is 10.1. The van der Waals surface area contributed by atoms with Crippen molar-refractivity contribution in [2.75, 3.05) is 20.3 Å². The topological polar surface area (TPSA) is 44.5 Å². The van der Waals surface area contributed by atoms with Crippen LogP contribution >= 0.6 is 12.4 Å². The fraction of sp³-hybridized carbons (Fsp3) is 1.00. The minimum atomic E-state index is 0. The van der Waals surface area contributed by atoms with Gasteiger partial charge in [-0.1, -0.05) is 0 Å². The highest BCUT2D eigenvalue weighted by atomic mass is 35.5. The van der Waals surface area contributed by atoms with Gasteiger partial charge in [0.25, 0.3) is 0 Å². The van der Waals surface area contributed by atoms with E-state index in [1.165, 1.54) is 0 Å². The quantitative estimate of drug-likeness (QED) is 0.606. The Labute approximate surface area is 67.3 Å². The molecular formula is C6H14ClNO2. The number of nitrogens with two attached hydrogens (primary N) is 1. The second-order valence-corrected chi connectivity index (χ2v) is 2.30. The van der Waals surface area contributed by atoms with Crippen LogP contribution in [0.5, 0.6) is 0 Å². The van der Waals surface area contributed by atoms with E-state index in [0.29, 0.717) is 6.61 Å². The van der Waals surface area contributed by atoms with Crippen molar-refractivity contribution >= 4 is 12.4 Å². The van der Waals surface area contributed by atoms with Crippen LogP contribution in [0.2, 0.25) is 0 Å². The molecule has 0 aromatic heterocycles. The third-order valence-electron chi connectivity index (χ3n) is 1.64. The fourth-order valence-electron chi connectivity index (χ4n) is 1.03. The number of hydrogen-bond acceptors (Lipinski definition) is 3. The molecule has 3 nitrogen and oxygen atoms in total. The van der Waals surface area contributed by atoms with Crippen LogP contribution in [0, 0.1) is 0 Å². The maximum absolute atomic E-state index is 5.64. The molecule has 10 heavy (non-hydrogen) atoms. The lowest BCUT2D eigenvalue weighted by Gasteiger charge is -2.26. The molecule has 0 aromatic carbocycles. The lowest BCUT2D eigenvalue weighted by Crippen LogP contribution is -2.44. The highest BCUT2D eigenvalue weighted by Gasteiger charge is 2.21. The average molecular weight is 168 g/mol. The highest BCUT2D eigenvalue weighted by molar-refractivity contribution is 5.85. The molecule has 2 atom stereocenters. The van der Waals surface area contributed by atoms with Gasteiger partial charge in [-0.3, -0.25) is 0 Å². The Morgan fingerprint density at radius 3 is 2.70 bits per heavy atom. The van der Waals surface area contributed by atoms with E-state index in [1.54, 1.807) is 7.11 Å². The molecule has 4 heteroatoms. The van der Waals surface area contributed by atoms with Crippen LogP contribution in [0.15, 0.2) is 0 Å². The summed E-state index contributed by atoms with van der Waals surface area (Å²) in [5.74, 6) is 0. The summed E-state index contributed by atoms with van der Waals surface area (Å²) >= 11 is 0. The number of hydrogen-bond donors (Lipinski definition) is 1. The molecule has 2 N–H and O–H groups in total. The molecule has 0 saturated carbocycles. The van der Waals surface area contributed by atoms with E-state index >= 15 is 0 Å². The summed E-state index contributed by atoms with van der Waals surface area (Å²) in [6.45, 7) is 1.42. The molecule has 0 amide bonds. The first-order chi connectivity index (χ1) is 4.34. The lowest BCUT2D eigenvalue weighted by molar-refractivity contribution is -0.0258. The Morgan fingerprint density at radius 1 is 1.60 bits per heavy atom. The monoisotopic (exact) mass is 167 g/mol. The summed E-state index contributed by atoms with van der Waals surface area (Å²) in [6.07, 6.45) is 1.14. The summed E-state index contributed by atoms with van der Waals surface area (Å²) < 4.78 is 10.2. The minimum Gasteiger partial charge on any atom is -0.380 e. The molecule has 1 aliphatic rings. The molecule has 1 aliphatic heterocycles. The van der Waals surface area contributed by atoms with Gasteiger partial charge in [-0.25, -0.2) is 0 Å². The Hall–Kier alpha value is 0.170. The van der Waals surface area contributed by atoms with Crippen molar-refractivity contribution in [3.8, 4) is 0 Å². The van der Waals surface area contributed by atoms with Crippen molar-refractivity contribution in [3.05, 3.63) is 0 Å². The third-order valence-corrected chi connectivity index (χ3v) is 1.64. The fourth-order valence-corrected chi connectivity index (χ4v) is 1.03. The van der Waals surface area contributed by atoms with Gasteiger partial charge >= 0.3 is 0 Å². The molecule has 0 bridgehead atoms. The van der Waals surface area contributed by atoms with E-state index in [2.05, 4.69) is 0 Å². The van der Waals surface area contributed by atoms with Crippen molar-refractivity contribution in [1.29, 1.82) is 0 Å². The zero-order valence-corrected chi connectivity index (χ0v) is 6.89. The minimum absolute atomic E-state index is 0. The summed E-state index contributed by atoms with van der Waals surface area (Å²) in [7, 11) is 1.69. The molecule has 1 fully saturated rings. The molecule has 1 heterocycles. The van der Waals surface area contributed by atoms with Crippen molar-refractivity contribution in [2.45, 2.75) is 18.6 Å². The summed E-state index contributed by atoms with van der Waals surface area (Å²) in [4.78, 5) is 0. The molecule has 1 rings (SSSR count). The van der Waals surface area contributed by atoms with Crippen LogP contribution < -0.4 is 5.73 Å². The van der Waals surface area contributed by atoms with Gasteiger partial charge in [-0.05, 0) is 6.42 Å². The van der Waals surface area contributed by atoms with Gasteiger partial charge in [-0.15, -0.1) is 12.4 Å². The van der Waals surface area contributed by atoms with Gasteiger partial charge in [-0.2, -0.15) is 0 Å². The van der Waals surface area contributed by atoms with Gasteiger partial charge in [0.2, 0.25) is 0 Å². The zero-order valence-electron chi connectivity index (χ0n) is 6.08. The van der Waals surface area contributed by atoms with Gasteiger partial charge in [0, 0.05) is 13.7 Å². The maximum Gasteiger partial charge on any atom is 0.0766 e. The first kappa shape index (κ1) is 10.2. The van der Waals surface area contributed by atoms with Crippen molar-refractivity contribution in [2.24, 2.45) is 5.73 Å². The van der Waals surface area contributed by atoms with Crippen LogP contribution in [-0.2, 0) is 9.47 Å². The predicted molar refractivity (Wildman–Crippen MR) is 41.5 cm³/mol. The second kappa shape index (κ2) is 4.91. The van der Waals surface area contributed by atoms with Gasteiger partial charge in [0.15, 0.2) is 0 Å². The van der Waals surface area contributed by atoms with E-state index < -0.39 is 0 Å². The van der Waals surface area contributed by atoms with Crippen molar-refractivity contribution in [1.82, 2.24) is 0 Å². The van der Waals surface area contributed by atoms with Crippen LogP contribution in [0.3, 0.4) is 0 Å². The molecule has 1 saturated heterocycles. The largest absolute Gasteiger partial charge is 0.380 e. The van der Waals surface area contributed by atoms with Crippen LogP contribution in [0.1, 0.15) is 6.42 Å². The highest BCUT2D eigenvalue weighted by Crippen LogP contribution is 2.07. The van der Waals surface area contributed by atoms with Crippen LogP contribution in [0.25, 0.3) is 0 Å². The normalized spacial score (nSPS) is 33.0. The van der Waals surface area contributed by atoms with Gasteiger partial charge < -0.3 is 15.2 Å². The van der Waals surface area contributed by atoms with E-state index in [1.807, 2.05) is 0 Å². The summed E-state index contributed by atoms with van der Waals surface area (Å²) in [5.41, 5.74) is 5.64. The smallest absolute Gasteiger partial charge is 0.0766 e.